The van der Waals surface area contributed by atoms with E-state index < -0.39 is 0 Å². The Kier molecular flexibility index (Phi) is 301. The minimum Gasteiger partial charge on any atom is -1.00 e. The summed E-state index contributed by atoms with van der Waals surface area (Å²) in [7, 11) is 0. The molecular formula is Cl4CsSb. The second kappa shape index (κ2) is 35.9. The molecule has 2 radical (unpaired) electrons. The summed E-state index contributed by atoms with van der Waals surface area (Å²) in [6, 6.07) is 0. The third-order valence-corrected chi connectivity index (χ3v) is 0. The van der Waals surface area contributed by atoms with E-state index in [0.717, 1.165) is 0 Å². The van der Waals surface area contributed by atoms with Crippen molar-refractivity contribution in [1.82, 2.24) is 0 Å². The van der Waals surface area contributed by atoms with E-state index in [-0.39, 0.29) is 143 Å². The molecule has 0 unspecified atom stereocenters. The number of hydrogen-bond acceptors (Lipinski definition) is 0. The van der Waals surface area contributed by atoms with Crippen molar-refractivity contribution in [3.05, 3.63) is 0 Å². The first-order valence-corrected chi connectivity index (χ1v) is 0. The van der Waals surface area contributed by atoms with Gasteiger partial charge in [-0.15, -0.1) is 0 Å². The molecule has 0 atom stereocenters. The summed E-state index contributed by atoms with van der Waals surface area (Å²) < 4.78 is 0. The zero-order valence-corrected chi connectivity index (χ0v) is 14.8. The summed E-state index contributed by atoms with van der Waals surface area (Å²) in [5.74, 6) is 0. The van der Waals surface area contributed by atoms with Crippen molar-refractivity contribution >= 4 is 24.4 Å². The molecule has 0 amide bonds. The average Bonchev–Trinajstić information content (AvgIpc) is 0. The number of halogens is 4. The molecule has 0 saturated carbocycles. The fraction of sp³-hybridized carbons (Fsp3) is 0. The van der Waals surface area contributed by atoms with E-state index in [9.17, 15) is 0 Å². The van der Waals surface area contributed by atoms with Crippen molar-refractivity contribution in [2.45, 2.75) is 0 Å². The van der Waals surface area contributed by atoms with E-state index in [4.69, 9.17) is 0 Å². The first-order chi connectivity index (χ1) is 0. The van der Waals surface area contributed by atoms with E-state index in [1.54, 1.807) is 0 Å². The molecule has 0 aliphatic heterocycles. The van der Waals surface area contributed by atoms with Gasteiger partial charge in [0, 0.05) is 0 Å². The van der Waals surface area contributed by atoms with Gasteiger partial charge in [0.2, 0.25) is 0 Å². The van der Waals surface area contributed by atoms with Crippen LogP contribution in [-0.4, -0.2) is 24.4 Å². The van der Waals surface area contributed by atoms with E-state index in [0.29, 0.717) is 0 Å². The van der Waals surface area contributed by atoms with Crippen molar-refractivity contribution in [2.75, 3.05) is 0 Å². The van der Waals surface area contributed by atoms with Gasteiger partial charge < -0.3 is 49.6 Å². The van der Waals surface area contributed by atoms with Crippen LogP contribution >= 0.6 is 0 Å². The third-order valence-electron chi connectivity index (χ3n) is 0. The summed E-state index contributed by atoms with van der Waals surface area (Å²) in [5, 5.41) is 0. The van der Waals surface area contributed by atoms with Crippen LogP contribution in [0.2, 0.25) is 0 Å². The maximum Gasteiger partial charge on any atom is 3.00 e. The predicted molar refractivity (Wildman–Crippen MR) is 5.75 cm³/mol. The van der Waals surface area contributed by atoms with Gasteiger partial charge in [-0.05, 0) is 0 Å². The molecule has 0 nitrogen and oxygen atoms in total. The van der Waals surface area contributed by atoms with Crippen molar-refractivity contribution in [3.63, 3.8) is 0 Å². The average molecular weight is 396 g/mol. The molecule has 6 heteroatoms. The monoisotopic (exact) mass is 394 g/mol. The normalized spacial score (nSPS) is 0. The Morgan fingerprint density at radius 2 is 0.500 bits per heavy atom. The molecule has 0 aromatic carbocycles. The van der Waals surface area contributed by atoms with Crippen molar-refractivity contribution < 1.29 is 119 Å². The molecule has 0 saturated heterocycles. The summed E-state index contributed by atoms with van der Waals surface area (Å²) in [4.78, 5) is 0. The van der Waals surface area contributed by atoms with Gasteiger partial charge in [-0.2, -0.15) is 0 Å². The van der Waals surface area contributed by atoms with E-state index in [2.05, 4.69) is 0 Å². The van der Waals surface area contributed by atoms with E-state index >= 15 is 0 Å². The first-order valence-electron chi connectivity index (χ1n) is 0. The largest absolute Gasteiger partial charge is 3.00 e. The molecule has 0 aliphatic carbocycles. The minimum absolute atomic E-state index is 0. The fourth-order valence-electron chi connectivity index (χ4n) is 0. The molecule has 0 heterocycles. The Bertz CT molecular complexity index is 7.51. The Labute approximate surface area is 139 Å². The van der Waals surface area contributed by atoms with Crippen LogP contribution < -0.4 is 119 Å². The standard InChI is InChI=1S/4ClH.Cs.Sb/h4*1H;;/q;;;;+1;+3/p-4. The smallest absolute Gasteiger partial charge is 1.00 e. The summed E-state index contributed by atoms with van der Waals surface area (Å²) in [6.45, 7) is 0. The van der Waals surface area contributed by atoms with Gasteiger partial charge in [0.1, 0.15) is 0 Å². The van der Waals surface area contributed by atoms with Gasteiger partial charge in [-0.3, -0.25) is 0 Å². The topological polar surface area (TPSA) is 0 Å². The zero-order chi connectivity index (χ0) is 0. The quantitative estimate of drug-likeness (QED) is 0.357. The van der Waals surface area contributed by atoms with Gasteiger partial charge in [-0.25, -0.2) is 0 Å². The molecule has 0 aromatic heterocycles. The molecule has 34 valence electrons. The second-order valence-electron chi connectivity index (χ2n) is 0. The summed E-state index contributed by atoms with van der Waals surface area (Å²) >= 11 is 0. The van der Waals surface area contributed by atoms with Crippen LogP contribution in [0.4, 0.5) is 0 Å². The maximum absolute atomic E-state index is 0. The summed E-state index contributed by atoms with van der Waals surface area (Å²) in [6.07, 6.45) is 0. The number of hydrogen-bond donors (Lipinski definition) is 0. The first kappa shape index (κ1) is 50.4. The van der Waals surface area contributed by atoms with Gasteiger partial charge in [0.15, 0.2) is 0 Å². The van der Waals surface area contributed by atoms with Crippen LogP contribution in [0.5, 0.6) is 0 Å². The number of rotatable bonds is 0. The van der Waals surface area contributed by atoms with Crippen LogP contribution in [0.25, 0.3) is 0 Å². The minimum atomic E-state index is 0. The van der Waals surface area contributed by atoms with Gasteiger partial charge in [0.25, 0.3) is 0 Å². The van der Waals surface area contributed by atoms with Gasteiger partial charge in [-0.1, -0.05) is 0 Å². The van der Waals surface area contributed by atoms with Crippen LogP contribution in [0.1, 0.15) is 0 Å². The predicted octanol–water partition coefficient (Wildman–Crippen LogP) is -15.4. The molecule has 0 rings (SSSR count). The van der Waals surface area contributed by atoms with E-state index in [1.807, 2.05) is 0 Å². The van der Waals surface area contributed by atoms with Crippen molar-refractivity contribution in [1.29, 1.82) is 0 Å². The van der Waals surface area contributed by atoms with Crippen LogP contribution in [0.15, 0.2) is 0 Å². The molecule has 0 aromatic rings. The van der Waals surface area contributed by atoms with Crippen molar-refractivity contribution in [3.8, 4) is 0 Å². The Morgan fingerprint density at radius 3 is 0.500 bits per heavy atom. The third kappa shape index (κ3) is 24.4. The molecule has 0 spiro atoms. The second-order valence-corrected chi connectivity index (χ2v) is 0. The molecule has 0 aliphatic rings. The zero-order valence-electron chi connectivity index (χ0n) is 2.96. The molecular weight excluding hydrogens is 396 g/mol. The fourth-order valence-corrected chi connectivity index (χ4v) is 0. The van der Waals surface area contributed by atoms with E-state index in [1.165, 1.54) is 0 Å². The van der Waals surface area contributed by atoms with Crippen molar-refractivity contribution in [2.24, 2.45) is 0 Å². The molecule has 0 N–H and O–H groups in total. The SMILES string of the molecule is [Cl-].[Cl-].[Cl-].[Cl-].[Cs+].[Sb+3]. The molecule has 0 bridgehead atoms. The van der Waals surface area contributed by atoms with Crippen LogP contribution in [-0.2, 0) is 0 Å². The molecule has 0 fully saturated rings. The van der Waals surface area contributed by atoms with Gasteiger partial charge in [0.05, 0.1) is 0 Å². The van der Waals surface area contributed by atoms with Crippen LogP contribution in [0, 0.1) is 0 Å². The Hall–Kier alpha value is 4.03. The Balaban J connectivity index is 0. The molecule has 6 heavy (non-hydrogen) atoms. The van der Waals surface area contributed by atoms with Crippen LogP contribution in [0.3, 0.4) is 0 Å². The Morgan fingerprint density at radius 1 is 0.500 bits per heavy atom. The maximum atomic E-state index is 0. The van der Waals surface area contributed by atoms with Gasteiger partial charge >= 0.3 is 93.3 Å². The summed E-state index contributed by atoms with van der Waals surface area (Å²) in [5.41, 5.74) is 0.